The molecule has 1 amide bonds. The summed E-state index contributed by atoms with van der Waals surface area (Å²) in [4.78, 5) is 21.6. The first kappa shape index (κ1) is 31.2. The molecule has 39 heavy (non-hydrogen) atoms. The highest BCUT2D eigenvalue weighted by Crippen LogP contribution is 2.23. The summed E-state index contributed by atoms with van der Waals surface area (Å²) >= 11 is 0. The number of carbonyl (C=O) groups is 2. The molecule has 3 rings (SSSR count). The number of aryl methyl sites for hydroxylation is 2. The van der Waals surface area contributed by atoms with Crippen molar-refractivity contribution in [1.82, 2.24) is 5.32 Å². The lowest BCUT2D eigenvalue weighted by Gasteiger charge is -2.18. The van der Waals surface area contributed by atoms with E-state index in [-0.39, 0.29) is 11.7 Å². The zero-order chi connectivity index (χ0) is 29.2. The van der Waals surface area contributed by atoms with E-state index < -0.39 is 18.2 Å². The predicted molar refractivity (Wildman–Crippen MR) is 145 cm³/mol. The summed E-state index contributed by atoms with van der Waals surface area (Å²) in [6.45, 7) is 7.11. The molecule has 0 aliphatic carbocycles. The Morgan fingerprint density at radius 3 is 2.10 bits per heavy atom. The largest absolute Gasteiger partial charge is 0.508 e. The molecule has 1 atom stereocenters. The number of aromatic hydroxyl groups is 1. The van der Waals surface area contributed by atoms with E-state index in [2.05, 4.69) is 47.9 Å². The second-order valence-corrected chi connectivity index (χ2v) is 9.07. The van der Waals surface area contributed by atoms with E-state index in [4.69, 9.17) is 15.6 Å². The zero-order valence-electron chi connectivity index (χ0n) is 22.1. The standard InChI is InChI=1S/C27H33N3O2.C2HF3O2/c1-4-29-26-11-10-21(14-20-8-6-5-7-9-20)15-22(26)17-30-27(32)25(28)16-24-18(2)12-23(31)13-19(24)3;3-2(4,5)1(6)7/h5-13,15,25,29,31H,4,14,16-17,28H2,1-3H3,(H,30,32);(H,6,7)/t25-;/m0./s1. The van der Waals surface area contributed by atoms with Gasteiger partial charge in [-0.25, -0.2) is 4.79 Å². The number of amides is 1. The van der Waals surface area contributed by atoms with Crippen LogP contribution in [0.5, 0.6) is 5.75 Å². The van der Waals surface area contributed by atoms with Crippen LogP contribution >= 0.6 is 0 Å². The molecule has 0 radical (unpaired) electrons. The average molecular weight is 546 g/mol. The molecule has 6 N–H and O–H groups in total. The molecule has 0 bridgehead atoms. The lowest BCUT2D eigenvalue weighted by atomic mass is 9.96. The SMILES string of the molecule is CCNc1ccc(Cc2ccccc2)cc1CNC(=O)[C@@H](N)Cc1c(C)cc(O)cc1C.O=C(O)C(F)(F)F. The first-order valence-electron chi connectivity index (χ1n) is 12.3. The first-order chi connectivity index (χ1) is 18.3. The van der Waals surface area contributed by atoms with Crippen molar-refractivity contribution in [2.24, 2.45) is 5.73 Å². The fourth-order valence-electron chi connectivity index (χ4n) is 4.02. The number of carbonyl (C=O) groups excluding carboxylic acids is 1. The Labute approximate surface area is 225 Å². The number of phenols is 1. The van der Waals surface area contributed by atoms with E-state index >= 15 is 0 Å². The Kier molecular flexibility index (Phi) is 11.3. The molecular weight excluding hydrogens is 511 g/mol. The highest BCUT2D eigenvalue weighted by molar-refractivity contribution is 5.82. The van der Waals surface area contributed by atoms with Gasteiger partial charge in [0, 0.05) is 18.8 Å². The lowest BCUT2D eigenvalue weighted by Crippen LogP contribution is -2.42. The summed E-state index contributed by atoms with van der Waals surface area (Å²) in [6, 6.07) is 19.4. The molecule has 3 aromatic carbocycles. The van der Waals surface area contributed by atoms with Gasteiger partial charge in [0.25, 0.3) is 0 Å². The van der Waals surface area contributed by atoms with Gasteiger partial charge in [0.15, 0.2) is 0 Å². The molecule has 210 valence electrons. The maximum atomic E-state index is 12.7. The number of hydrogen-bond acceptors (Lipinski definition) is 5. The first-order valence-corrected chi connectivity index (χ1v) is 12.3. The van der Waals surface area contributed by atoms with Crippen molar-refractivity contribution in [2.45, 2.75) is 52.4 Å². The molecule has 3 aromatic rings. The van der Waals surface area contributed by atoms with Gasteiger partial charge in [-0.2, -0.15) is 13.2 Å². The van der Waals surface area contributed by atoms with Gasteiger partial charge < -0.3 is 26.6 Å². The van der Waals surface area contributed by atoms with Crippen LogP contribution in [0.3, 0.4) is 0 Å². The number of benzene rings is 3. The Bertz CT molecular complexity index is 1240. The fourth-order valence-corrected chi connectivity index (χ4v) is 4.02. The van der Waals surface area contributed by atoms with Crippen molar-refractivity contribution < 1.29 is 33.0 Å². The van der Waals surface area contributed by atoms with E-state index in [1.54, 1.807) is 12.1 Å². The van der Waals surface area contributed by atoms with Crippen LogP contribution in [0, 0.1) is 13.8 Å². The third kappa shape index (κ3) is 9.97. The maximum Gasteiger partial charge on any atom is 0.490 e. The number of alkyl halides is 3. The number of halogens is 3. The highest BCUT2D eigenvalue weighted by atomic mass is 19.4. The number of nitrogens with two attached hydrogens (primary N) is 1. The van der Waals surface area contributed by atoms with Gasteiger partial charge in [-0.3, -0.25) is 4.79 Å². The van der Waals surface area contributed by atoms with Crippen LogP contribution in [0.4, 0.5) is 18.9 Å². The summed E-state index contributed by atoms with van der Waals surface area (Å²) in [5.74, 6) is -2.71. The molecule has 0 unspecified atom stereocenters. The molecule has 7 nitrogen and oxygen atoms in total. The van der Waals surface area contributed by atoms with Crippen LogP contribution in [-0.2, 0) is 29.0 Å². The number of carboxylic acids is 1. The van der Waals surface area contributed by atoms with Crippen molar-refractivity contribution in [2.75, 3.05) is 11.9 Å². The Morgan fingerprint density at radius 2 is 1.56 bits per heavy atom. The van der Waals surface area contributed by atoms with Gasteiger partial charge in [0.05, 0.1) is 6.04 Å². The number of carboxylic acid groups (broad SMARTS) is 1. The average Bonchev–Trinajstić information content (AvgIpc) is 2.86. The minimum Gasteiger partial charge on any atom is -0.508 e. The van der Waals surface area contributed by atoms with Gasteiger partial charge in [0.1, 0.15) is 5.75 Å². The number of nitrogens with one attached hydrogen (secondary N) is 2. The van der Waals surface area contributed by atoms with Crippen LogP contribution in [0.1, 0.15) is 40.3 Å². The summed E-state index contributed by atoms with van der Waals surface area (Å²) in [6.07, 6.45) is -3.81. The van der Waals surface area contributed by atoms with Crippen molar-refractivity contribution in [3.05, 3.63) is 94.0 Å². The fraction of sp³-hybridized carbons (Fsp3) is 0.310. The minimum absolute atomic E-state index is 0.187. The van der Waals surface area contributed by atoms with Crippen molar-refractivity contribution >= 4 is 17.6 Å². The van der Waals surface area contributed by atoms with Gasteiger partial charge in [-0.05, 0) is 85.2 Å². The topological polar surface area (TPSA) is 125 Å². The summed E-state index contributed by atoms with van der Waals surface area (Å²) < 4.78 is 31.7. The van der Waals surface area contributed by atoms with E-state index in [9.17, 15) is 23.1 Å². The quantitative estimate of drug-likeness (QED) is 0.262. The molecule has 0 spiro atoms. The second kappa shape index (κ2) is 14.2. The van der Waals surface area contributed by atoms with Crippen LogP contribution in [0.2, 0.25) is 0 Å². The maximum absolute atomic E-state index is 12.7. The van der Waals surface area contributed by atoms with E-state index in [0.29, 0.717) is 13.0 Å². The number of aliphatic carboxylic acids is 1. The summed E-state index contributed by atoms with van der Waals surface area (Å²) in [7, 11) is 0. The van der Waals surface area contributed by atoms with Crippen LogP contribution in [0.25, 0.3) is 0 Å². The monoisotopic (exact) mass is 545 g/mol. The Balaban J connectivity index is 0.000000673. The molecule has 0 heterocycles. The predicted octanol–water partition coefficient (Wildman–Crippen LogP) is 4.85. The lowest BCUT2D eigenvalue weighted by molar-refractivity contribution is -0.192. The molecule has 0 fully saturated rings. The third-order valence-electron chi connectivity index (χ3n) is 5.93. The number of rotatable bonds is 9. The molecule has 0 saturated heterocycles. The van der Waals surface area contributed by atoms with Crippen molar-refractivity contribution in [3.63, 3.8) is 0 Å². The molecule has 0 aliphatic rings. The van der Waals surface area contributed by atoms with E-state index in [1.807, 2.05) is 32.0 Å². The molecule has 0 aliphatic heterocycles. The molecule has 0 saturated carbocycles. The molecular formula is C29H34F3N3O4. The summed E-state index contributed by atoms with van der Waals surface area (Å²) in [5, 5.41) is 23.2. The van der Waals surface area contributed by atoms with Gasteiger partial charge >= 0.3 is 12.1 Å². The number of hydrogen-bond donors (Lipinski definition) is 5. The van der Waals surface area contributed by atoms with E-state index in [1.165, 1.54) is 11.1 Å². The van der Waals surface area contributed by atoms with Gasteiger partial charge in [0.2, 0.25) is 5.91 Å². The summed E-state index contributed by atoms with van der Waals surface area (Å²) in [5.41, 5.74) is 13.6. The van der Waals surface area contributed by atoms with Crippen LogP contribution in [-0.4, -0.2) is 40.9 Å². The smallest absolute Gasteiger partial charge is 0.490 e. The number of phenolic OH excluding ortho intramolecular Hbond substituents is 1. The Morgan fingerprint density at radius 1 is 0.974 bits per heavy atom. The third-order valence-corrected chi connectivity index (χ3v) is 5.93. The van der Waals surface area contributed by atoms with E-state index in [0.717, 1.165) is 40.9 Å². The second-order valence-electron chi connectivity index (χ2n) is 9.07. The van der Waals surface area contributed by atoms with Gasteiger partial charge in [-0.1, -0.05) is 42.5 Å². The highest BCUT2D eigenvalue weighted by Gasteiger charge is 2.38. The Hall–Kier alpha value is -4.05. The van der Waals surface area contributed by atoms with Crippen LogP contribution in [0.15, 0.2) is 60.7 Å². The minimum atomic E-state index is -5.08. The van der Waals surface area contributed by atoms with Crippen molar-refractivity contribution in [1.29, 1.82) is 0 Å². The number of anilines is 1. The van der Waals surface area contributed by atoms with Gasteiger partial charge in [-0.15, -0.1) is 0 Å². The normalized spacial score (nSPS) is 11.7. The van der Waals surface area contributed by atoms with Crippen molar-refractivity contribution in [3.8, 4) is 5.75 Å². The zero-order valence-corrected chi connectivity index (χ0v) is 22.1. The molecule has 10 heteroatoms. The van der Waals surface area contributed by atoms with Crippen LogP contribution < -0.4 is 16.4 Å². The molecule has 0 aromatic heterocycles.